The molecule has 2 rings (SSSR count). The summed E-state index contributed by atoms with van der Waals surface area (Å²) in [5, 5.41) is 8.97. The highest BCUT2D eigenvalue weighted by Crippen LogP contribution is 2.28. The number of carbonyl (C=O) groups excluding carboxylic acids is 1. The van der Waals surface area contributed by atoms with E-state index in [0.717, 1.165) is 5.56 Å². The second-order valence-corrected chi connectivity index (χ2v) is 5.59. The molecule has 2 aromatic rings. The molecule has 130 valence electrons. The van der Waals surface area contributed by atoms with Crippen LogP contribution in [0.2, 0.25) is 0 Å². The first-order chi connectivity index (χ1) is 12.1. The lowest BCUT2D eigenvalue weighted by Crippen LogP contribution is -2.33. The van der Waals surface area contributed by atoms with Crippen LogP contribution in [0.1, 0.15) is 31.0 Å². The third-order valence-electron chi connectivity index (χ3n) is 3.98. The van der Waals surface area contributed by atoms with Crippen molar-refractivity contribution in [1.82, 2.24) is 4.90 Å². The van der Waals surface area contributed by atoms with Crippen molar-refractivity contribution in [3.8, 4) is 17.6 Å². The van der Waals surface area contributed by atoms with E-state index in [0.29, 0.717) is 23.7 Å². The first kappa shape index (κ1) is 18.3. The summed E-state index contributed by atoms with van der Waals surface area (Å²) in [5.41, 5.74) is 1.55. The van der Waals surface area contributed by atoms with Crippen LogP contribution in [0.5, 0.6) is 11.5 Å². The number of hydrogen-bond acceptors (Lipinski definition) is 4. The monoisotopic (exact) mass is 338 g/mol. The number of ether oxygens (including phenoxy) is 2. The van der Waals surface area contributed by atoms with Crippen LogP contribution in [-0.2, 0) is 4.79 Å². The van der Waals surface area contributed by atoms with Gasteiger partial charge in [-0.1, -0.05) is 30.3 Å². The van der Waals surface area contributed by atoms with Crippen LogP contribution in [0, 0.1) is 11.3 Å². The summed E-state index contributed by atoms with van der Waals surface area (Å²) in [7, 11) is 1.76. The SMILES string of the molecule is CCOc1cc(C#N)ccc1OCC(=O)N(C)C(C)c1ccccc1. The van der Waals surface area contributed by atoms with Gasteiger partial charge in [0.15, 0.2) is 18.1 Å². The van der Waals surface area contributed by atoms with E-state index >= 15 is 0 Å². The van der Waals surface area contributed by atoms with Crippen LogP contribution in [-0.4, -0.2) is 31.1 Å². The lowest BCUT2D eigenvalue weighted by molar-refractivity contribution is -0.134. The Bertz CT molecular complexity index is 753. The zero-order valence-electron chi connectivity index (χ0n) is 14.7. The highest BCUT2D eigenvalue weighted by atomic mass is 16.5. The van der Waals surface area contributed by atoms with Crippen molar-refractivity contribution in [2.24, 2.45) is 0 Å². The Morgan fingerprint density at radius 3 is 2.52 bits per heavy atom. The molecular formula is C20H22N2O3. The van der Waals surface area contributed by atoms with Crippen LogP contribution in [0.25, 0.3) is 0 Å². The average Bonchev–Trinajstić information content (AvgIpc) is 2.66. The molecular weight excluding hydrogens is 316 g/mol. The molecule has 0 saturated carbocycles. The molecule has 5 heteroatoms. The zero-order chi connectivity index (χ0) is 18.2. The first-order valence-corrected chi connectivity index (χ1v) is 8.17. The second kappa shape index (κ2) is 8.74. The maximum Gasteiger partial charge on any atom is 0.260 e. The maximum atomic E-state index is 12.4. The number of nitrogens with zero attached hydrogens (tertiary/aromatic N) is 2. The Hall–Kier alpha value is -3.00. The second-order valence-electron chi connectivity index (χ2n) is 5.59. The van der Waals surface area contributed by atoms with Crippen LogP contribution in [0.4, 0.5) is 0 Å². The number of benzene rings is 2. The largest absolute Gasteiger partial charge is 0.490 e. The molecule has 1 atom stereocenters. The third kappa shape index (κ3) is 4.74. The molecule has 1 amide bonds. The van der Waals surface area contributed by atoms with E-state index in [2.05, 4.69) is 6.07 Å². The van der Waals surface area contributed by atoms with Crippen LogP contribution in [0.15, 0.2) is 48.5 Å². The summed E-state index contributed by atoms with van der Waals surface area (Å²) >= 11 is 0. The van der Waals surface area contributed by atoms with Crippen molar-refractivity contribution in [3.05, 3.63) is 59.7 Å². The molecule has 1 unspecified atom stereocenters. The fourth-order valence-corrected chi connectivity index (χ4v) is 2.38. The van der Waals surface area contributed by atoms with E-state index in [9.17, 15) is 4.79 Å². The van der Waals surface area contributed by atoms with Gasteiger partial charge in [0.1, 0.15) is 0 Å². The molecule has 0 aliphatic rings. The van der Waals surface area contributed by atoms with E-state index < -0.39 is 0 Å². The van der Waals surface area contributed by atoms with Gasteiger partial charge < -0.3 is 14.4 Å². The van der Waals surface area contributed by atoms with Gasteiger partial charge in [-0.3, -0.25) is 4.79 Å². The van der Waals surface area contributed by atoms with Crippen molar-refractivity contribution >= 4 is 5.91 Å². The number of hydrogen-bond donors (Lipinski definition) is 0. The topological polar surface area (TPSA) is 62.6 Å². The van der Waals surface area contributed by atoms with E-state index in [1.807, 2.05) is 44.2 Å². The Labute approximate surface area is 148 Å². The Kier molecular flexibility index (Phi) is 6.41. The number of amides is 1. The normalized spacial score (nSPS) is 11.3. The number of likely N-dealkylation sites (N-methyl/N-ethyl adjacent to an activating group) is 1. The van der Waals surface area contributed by atoms with Gasteiger partial charge in [0.25, 0.3) is 5.91 Å². The van der Waals surface area contributed by atoms with Crippen molar-refractivity contribution in [3.63, 3.8) is 0 Å². The molecule has 0 radical (unpaired) electrons. The van der Waals surface area contributed by atoms with Gasteiger partial charge in [-0.2, -0.15) is 5.26 Å². The molecule has 0 heterocycles. The van der Waals surface area contributed by atoms with Crippen LogP contribution in [0.3, 0.4) is 0 Å². The summed E-state index contributed by atoms with van der Waals surface area (Å²) in [5.74, 6) is 0.784. The smallest absolute Gasteiger partial charge is 0.260 e. The van der Waals surface area contributed by atoms with E-state index in [-0.39, 0.29) is 18.6 Å². The summed E-state index contributed by atoms with van der Waals surface area (Å²) in [6, 6.07) is 16.7. The van der Waals surface area contributed by atoms with Crippen molar-refractivity contribution < 1.29 is 14.3 Å². The minimum Gasteiger partial charge on any atom is -0.490 e. The minimum absolute atomic E-state index is 0.0513. The highest BCUT2D eigenvalue weighted by Gasteiger charge is 2.18. The fourth-order valence-electron chi connectivity index (χ4n) is 2.38. The summed E-state index contributed by atoms with van der Waals surface area (Å²) in [6.07, 6.45) is 0. The van der Waals surface area contributed by atoms with Gasteiger partial charge >= 0.3 is 0 Å². The summed E-state index contributed by atoms with van der Waals surface area (Å²) in [4.78, 5) is 14.1. The van der Waals surface area contributed by atoms with Gasteiger partial charge in [-0.15, -0.1) is 0 Å². The molecule has 0 spiro atoms. The Morgan fingerprint density at radius 1 is 1.16 bits per heavy atom. The van der Waals surface area contributed by atoms with Crippen LogP contribution < -0.4 is 9.47 Å². The summed E-state index contributed by atoms with van der Waals surface area (Å²) in [6.45, 7) is 4.17. The van der Waals surface area contributed by atoms with Gasteiger partial charge in [-0.05, 0) is 31.5 Å². The lowest BCUT2D eigenvalue weighted by atomic mass is 10.1. The number of nitriles is 1. The number of carbonyl (C=O) groups is 1. The molecule has 0 aliphatic heterocycles. The molecule has 5 nitrogen and oxygen atoms in total. The fraction of sp³-hybridized carbons (Fsp3) is 0.300. The van der Waals surface area contributed by atoms with Gasteiger partial charge in [0, 0.05) is 13.1 Å². The quantitative estimate of drug-likeness (QED) is 0.774. The van der Waals surface area contributed by atoms with Gasteiger partial charge in [0.05, 0.1) is 24.3 Å². The molecule has 0 saturated heterocycles. The molecule has 0 aliphatic carbocycles. The zero-order valence-corrected chi connectivity index (χ0v) is 14.7. The molecule has 0 bridgehead atoms. The third-order valence-corrected chi connectivity index (χ3v) is 3.98. The minimum atomic E-state index is -0.136. The Balaban J connectivity index is 2.03. The van der Waals surface area contributed by atoms with E-state index in [1.54, 1.807) is 30.1 Å². The summed E-state index contributed by atoms with van der Waals surface area (Å²) < 4.78 is 11.1. The van der Waals surface area contributed by atoms with Crippen LogP contribution >= 0.6 is 0 Å². The maximum absolute atomic E-state index is 12.4. The average molecular weight is 338 g/mol. The van der Waals surface area contributed by atoms with Gasteiger partial charge in [-0.25, -0.2) is 0 Å². The molecule has 25 heavy (non-hydrogen) atoms. The van der Waals surface area contributed by atoms with Crippen molar-refractivity contribution in [2.75, 3.05) is 20.3 Å². The molecule has 0 N–H and O–H groups in total. The highest BCUT2D eigenvalue weighted by molar-refractivity contribution is 5.78. The Morgan fingerprint density at radius 2 is 1.88 bits per heavy atom. The molecule has 0 fully saturated rings. The standard InChI is InChI=1S/C20H22N2O3/c1-4-24-19-12-16(13-21)10-11-18(19)25-14-20(23)22(3)15(2)17-8-6-5-7-9-17/h5-12,15H,4,14H2,1-3H3. The predicted octanol–water partition coefficient (Wildman–Crippen LogP) is 3.56. The van der Waals surface area contributed by atoms with Crippen molar-refractivity contribution in [1.29, 1.82) is 5.26 Å². The lowest BCUT2D eigenvalue weighted by Gasteiger charge is -2.25. The van der Waals surface area contributed by atoms with E-state index in [4.69, 9.17) is 14.7 Å². The van der Waals surface area contributed by atoms with Gasteiger partial charge in [0.2, 0.25) is 0 Å². The van der Waals surface area contributed by atoms with E-state index in [1.165, 1.54) is 0 Å². The first-order valence-electron chi connectivity index (χ1n) is 8.17. The predicted molar refractivity (Wildman–Crippen MR) is 95.4 cm³/mol. The molecule has 2 aromatic carbocycles. The van der Waals surface area contributed by atoms with Crippen molar-refractivity contribution in [2.45, 2.75) is 19.9 Å². The number of rotatable bonds is 7. The molecule has 0 aromatic heterocycles.